The van der Waals surface area contributed by atoms with Gasteiger partial charge in [0.25, 0.3) is 5.35 Å². The van der Waals surface area contributed by atoms with E-state index >= 15 is 0 Å². The second-order valence-corrected chi connectivity index (χ2v) is 4.84. The molecule has 0 aliphatic carbocycles. The first-order valence-corrected chi connectivity index (χ1v) is 6.50. The topological polar surface area (TPSA) is 26.0 Å². The van der Waals surface area contributed by atoms with Crippen LogP contribution < -0.4 is 0 Å². The third-order valence-electron chi connectivity index (χ3n) is 3.03. The first-order chi connectivity index (χ1) is 9.63. The summed E-state index contributed by atoms with van der Waals surface area (Å²) in [6, 6.07) is 13.9. The summed E-state index contributed by atoms with van der Waals surface area (Å²) in [5.41, 5.74) is 3.41. The lowest BCUT2D eigenvalue weighted by Gasteiger charge is -2.02. The fraction of sp³-hybridized carbons (Fsp3) is 0.0625. The number of hydrogen-bond acceptors (Lipinski definition) is 2. The molecule has 3 aromatic rings. The van der Waals surface area contributed by atoms with Crippen molar-refractivity contribution in [2.45, 2.75) is 6.92 Å². The van der Waals surface area contributed by atoms with Gasteiger partial charge < -0.3 is 4.42 Å². The molecule has 1 heterocycles. The number of halogens is 2. The summed E-state index contributed by atoms with van der Waals surface area (Å²) in [4.78, 5) is 4.19. The minimum Gasteiger partial charge on any atom is -0.427 e. The van der Waals surface area contributed by atoms with E-state index in [2.05, 4.69) is 4.98 Å². The van der Waals surface area contributed by atoms with Crippen molar-refractivity contribution in [2.24, 2.45) is 0 Å². The molecule has 0 saturated carbocycles. The van der Waals surface area contributed by atoms with Crippen molar-refractivity contribution in [3.8, 4) is 22.6 Å². The van der Waals surface area contributed by atoms with Crippen molar-refractivity contribution in [3.63, 3.8) is 0 Å². The molecule has 0 fully saturated rings. The second kappa shape index (κ2) is 5.10. The number of hydrogen-bond donors (Lipinski definition) is 0. The van der Waals surface area contributed by atoms with Gasteiger partial charge in [-0.1, -0.05) is 29.8 Å². The van der Waals surface area contributed by atoms with Gasteiger partial charge in [0.1, 0.15) is 11.5 Å². The molecule has 0 radical (unpaired) electrons. The van der Waals surface area contributed by atoms with Crippen molar-refractivity contribution in [1.82, 2.24) is 4.98 Å². The maximum atomic E-state index is 13.0. The van der Waals surface area contributed by atoms with Crippen LogP contribution in [-0.2, 0) is 0 Å². The van der Waals surface area contributed by atoms with Gasteiger partial charge in [-0.2, -0.15) is 4.98 Å². The number of rotatable bonds is 2. The van der Waals surface area contributed by atoms with Crippen molar-refractivity contribution >= 4 is 11.6 Å². The lowest BCUT2D eigenvalue weighted by Crippen LogP contribution is -1.83. The van der Waals surface area contributed by atoms with Gasteiger partial charge in [0.05, 0.1) is 0 Å². The van der Waals surface area contributed by atoms with Gasteiger partial charge in [0, 0.05) is 11.1 Å². The van der Waals surface area contributed by atoms with Gasteiger partial charge in [-0.3, -0.25) is 0 Å². The molecule has 0 aliphatic rings. The summed E-state index contributed by atoms with van der Waals surface area (Å²) in [5, 5.41) is 0.0694. The molecule has 0 spiro atoms. The molecule has 0 unspecified atom stereocenters. The van der Waals surface area contributed by atoms with Crippen LogP contribution in [0, 0.1) is 12.7 Å². The van der Waals surface area contributed by atoms with Crippen LogP contribution in [0.15, 0.2) is 52.9 Å². The first-order valence-electron chi connectivity index (χ1n) is 6.13. The molecule has 4 heteroatoms. The fourth-order valence-electron chi connectivity index (χ4n) is 2.00. The van der Waals surface area contributed by atoms with Crippen LogP contribution in [0.1, 0.15) is 5.56 Å². The summed E-state index contributed by atoms with van der Waals surface area (Å²) in [6.07, 6.45) is 0. The monoisotopic (exact) mass is 287 g/mol. The van der Waals surface area contributed by atoms with Crippen LogP contribution in [0.2, 0.25) is 5.35 Å². The lowest BCUT2D eigenvalue weighted by atomic mass is 10.0. The predicted octanol–water partition coefficient (Wildman–Crippen LogP) is 5.11. The van der Waals surface area contributed by atoms with E-state index in [1.165, 1.54) is 12.1 Å². The fourth-order valence-corrected chi connectivity index (χ4v) is 2.16. The Balaban J connectivity index is 2.12. The molecular weight excluding hydrogens is 277 g/mol. The van der Waals surface area contributed by atoms with E-state index in [4.69, 9.17) is 16.0 Å². The Kier molecular flexibility index (Phi) is 3.28. The predicted molar refractivity (Wildman–Crippen MR) is 77.1 cm³/mol. The smallest absolute Gasteiger partial charge is 0.293 e. The highest BCUT2D eigenvalue weighted by molar-refractivity contribution is 6.28. The number of oxazole rings is 1. The lowest BCUT2D eigenvalue weighted by molar-refractivity contribution is 0.574. The standard InChI is InChI=1S/C16H11ClFNO/c1-10-2-4-12(5-3-10)15-14(19-16(17)20-15)11-6-8-13(18)9-7-11/h2-9H,1H3. The van der Waals surface area contributed by atoms with Gasteiger partial charge in [0.2, 0.25) is 0 Å². The maximum absolute atomic E-state index is 13.0. The Morgan fingerprint density at radius 2 is 1.55 bits per heavy atom. The van der Waals surface area contributed by atoms with Crippen molar-refractivity contribution in [3.05, 3.63) is 65.3 Å². The van der Waals surface area contributed by atoms with Gasteiger partial charge in [-0.15, -0.1) is 0 Å². The van der Waals surface area contributed by atoms with Crippen LogP contribution in [0.25, 0.3) is 22.6 Å². The molecule has 2 aromatic carbocycles. The zero-order valence-corrected chi connectivity index (χ0v) is 11.5. The molecule has 20 heavy (non-hydrogen) atoms. The zero-order valence-electron chi connectivity index (χ0n) is 10.7. The molecule has 0 saturated heterocycles. The Labute approximate surface area is 120 Å². The summed E-state index contributed by atoms with van der Waals surface area (Å²) >= 11 is 5.88. The molecule has 2 nitrogen and oxygen atoms in total. The van der Waals surface area contributed by atoms with Crippen molar-refractivity contribution in [1.29, 1.82) is 0 Å². The Hall–Kier alpha value is -2.13. The molecule has 1 aromatic heterocycles. The van der Waals surface area contributed by atoms with Gasteiger partial charge in [-0.05, 0) is 42.8 Å². The maximum Gasteiger partial charge on any atom is 0.293 e. The molecule has 0 bridgehead atoms. The van der Waals surface area contributed by atoms with E-state index in [0.717, 1.165) is 16.7 Å². The van der Waals surface area contributed by atoms with Gasteiger partial charge in [-0.25, -0.2) is 4.39 Å². The minimum absolute atomic E-state index is 0.0694. The number of aryl methyl sites for hydroxylation is 1. The average molecular weight is 288 g/mol. The Morgan fingerprint density at radius 3 is 2.20 bits per heavy atom. The summed E-state index contributed by atoms with van der Waals surface area (Å²) in [7, 11) is 0. The summed E-state index contributed by atoms with van der Waals surface area (Å²) in [5.74, 6) is 0.293. The molecule has 0 amide bonds. The highest BCUT2D eigenvalue weighted by atomic mass is 35.5. The molecule has 0 aliphatic heterocycles. The van der Waals surface area contributed by atoms with Crippen LogP contribution in [0.4, 0.5) is 4.39 Å². The number of aromatic nitrogens is 1. The van der Waals surface area contributed by atoms with E-state index in [1.54, 1.807) is 12.1 Å². The number of benzene rings is 2. The molecule has 100 valence electrons. The molecule has 0 N–H and O–H groups in total. The first kappa shape index (κ1) is 12.9. The average Bonchev–Trinajstić information content (AvgIpc) is 2.82. The van der Waals surface area contributed by atoms with Crippen LogP contribution >= 0.6 is 11.6 Å². The summed E-state index contributed by atoms with van der Waals surface area (Å²) in [6.45, 7) is 2.01. The van der Waals surface area contributed by atoms with E-state index in [9.17, 15) is 4.39 Å². The van der Waals surface area contributed by atoms with E-state index in [0.29, 0.717) is 11.5 Å². The Morgan fingerprint density at radius 1 is 0.950 bits per heavy atom. The quantitative estimate of drug-likeness (QED) is 0.654. The minimum atomic E-state index is -0.291. The molecule has 3 rings (SSSR count). The van der Waals surface area contributed by atoms with Crippen LogP contribution in [0.5, 0.6) is 0 Å². The Bertz CT molecular complexity index is 669. The molecular formula is C16H11ClFNO. The van der Waals surface area contributed by atoms with Gasteiger partial charge in [0.15, 0.2) is 5.76 Å². The van der Waals surface area contributed by atoms with Gasteiger partial charge >= 0.3 is 0 Å². The van der Waals surface area contributed by atoms with E-state index in [-0.39, 0.29) is 11.2 Å². The van der Waals surface area contributed by atoms with Crippen LogP contribution in [0.3, 0.4) is 0 Å². The third kappa shape index (κ3) is 2.45. The zero-order chi connectivity index (χ0) is 14.1. The highest BCUT2D eigenvalue weighted by Crippen LogP contribution is 2.34. The highest BCUT2D eigenvalue weighted by Gasteiger charge is 2.15. The number of nitrogens with zero attached hydrogens (tertiary/aromatic N) is 1. The normalized spacial score (nSPS) is 10.8. The SMILES string of the molecule is Cc1ccc(-c2oc(Cl)nc2-c2ccc(F)cc2)cc1. The largest absolute Gasteiger partial charge is 0.427 e. The van der Waals surface area contributed by atoms with Crippen molar-refractivity contribution < 1.29 is 8.81 Å². The summed E-state index contributed by atoms with van der Waals surface area (Å²) < 4.78 is 18.5. The van der Waals surface area contributed by atoms with Crippen LogP contribution in [-0.4, -0.2) is 4.98 Å². The van der Waals surface area contributed by atoms with Crippen molar-refractivity contribution in [2.75, 3.05) is 0 Å². The molecule has 0 atom stereocenters. The third-order valence-corrected chi connectivity index (χ3v) is 3.19. The van der Waals surface area contributed by atoms with E-state index < -0.39 is 0 Å². The second-order valence-electron chi connectivity index (χ2n) is 4.52. The van der Waals surface area contributed by atoms with E-state index in [1.807, 2.05) is 31.2 Å².